The zero-order valence-electron chi connectivity index (χ0n) is 11.3. The van der Waals surface area contributed by atoms with Gasteiger partial charge in [0.05, 0.1) is 17.9 Å². The normalized spacial score (nSPS) is 24.8. The van der Waals surface area contributed by atoms with Crippen LogP contribution in [0.1, 0.15) is 20.3 Å². The molecule has 1 rings (SSSR count). The molecule has 0 aromatic rings. The first-order valence-corrected chi connectivity index (χ1v) is 6.35. The third-order valence-electron chi connectivity index (χ3n) is 3.48. The number of carbonyl (C=O) groups excluding carboxylic acids is 1. The van der Waals surface area contributed by atoms with Gasteiger partial charge in [-0.25, -0.2) is 0 Å². The third-order valence-corrected chi connectivity index (χ3v) is 3.48. The number of carboxylic acid groups (broad SMARTS) is 1. The highest BCUT2D eigenvalue weighted by atomic mass is 19.4. The first-order valence-electron chi connectivity index (χ1n) is 6.35. The molecule has 1 N–H and O–H groups in total. The maximum atomic E-state index is 12.7. The van der Waals surface area contributed by atoms with Crippen LogP contribution >= 0.6 is 0 Å². The van der Waals surface area contributed by atoms with Crippen molar-refractivity contribution in [3.63, 3.8) is 0 Å². The number of rotatable bonds is 5. The maximum Gasteiger partial charge on any atom is 0.394 e. The number of hydrogen-bond acceptors (Lipinski definition) is 3. The lowest BCUT2D eigenvalue weighted by atomic mass is 9.96. The van der Waals surface area contributed by atoms with Gasteiger partial charge in [-0.3, -0.25) is 9.59 Å². The molecule has 1 fully saturated rings. The van der Waals surface area contributed by atoms with Gasteiger partial charge in [-0.1, -0.05) is 6.92 Å². The van der Waals surface area contributed by atoms with Gasteiger partial charge in [0.25, 0.3) is 0 Å². The quantitative estimate of drug-likeness (QED) is 0.835. The van der Waals surface area contributed by atoms with Crippen LogP contribution in [0.15, 0.2) is 0 Å². The lowest BCUT2D eigenvalue weighted by Crippen LogP contribution is -2.35. The van der Waals surface area contributed by atoms with Gasteiger partial charge < -0.3 is 14.7 Å². The van der Waals surface area contributed by atoms with Crippen molar-refractivity contribution in [2.75, 3.05) is 19.7 Å². The molecule has 116 valence electrons. The minimum atomic E-state index is -4.63. The van der Waals surface area contributed by atoms with E-state index in [2.05, 4.69) is 0 Å². The predicted molar refractivity (Wildman–Crippen MR) is 63.0 cm³/mol. The minimum Gasteiger partial charge on any atom is -0.481 e. The molecule has 0 aliphatic carbocycles. The zero-order chi connectivity index (χ0) is 15.5. The molecule has 8 heteroatoms. The fourth-order valence-electron chi connectivity index (χ4n) is 2.01. The molecular formula is C12H18F3NO4. The van der Waals surface area contributed by atoms with Gasteiger partial charge in [0.2, 0.25) is 5.91 Å². The Morgan fingerprint density at radius 3 is 2.40 bits per heavy atom. The Labute approximate surface area is 114 Å². The highest BCUT2D eigenvalue weighted by molar-refractivity contribution is 5.80. The Hall–Kier alpha value is -1.31. The summed E-state index contributed by atoms with van der Waals surface area (Å²) in [5.74, 6) is -5.77. The van der Waals surface area contributed by atoms with Crippen molar-refractivity contribution in [1.29, 1.82) is 0 Å². The molecule has 1 aliphatic rings. The SMILES string of the molecule is CCC(C)OCC(=O)N1C[C@@H](C(F)(F)F)[C@H](C(=O)O)C1. The van der Waals surface area contributed by atoms with Gasteiger partial charge in [-0.2, -0.15) is 13.2 Å². The van der Waals surface area contributed by atoms with Gasteiger partial charge in [0.1, 0.15) is 6.61 Å². The van der Waals surface area contributed by atoms with Crippen molar-refractivity contribution < 1.29 is 32.6 Å². The highest BCUT2D eigenvalue weighted by Gasteiger charge is 2.53. The average Bonchev–Trinajstić information content (AvgIpc) is 2.80. The van der Waals surface area contributed by atoms with Crippen LogP contribution in [0.4, 0.5) is 13.2 Å². The number of amides is 1. The summed E-state index contributed by atoms with van der Waals surface area (Å²) in [4.78, 5) is 23.5. The van der Waals surface area contributed by atoms with E-state index in [9.17, 15) is 22.8 Å². The number of nitrogens with zero attached hydrogens (tertiary/aromatic N) is 1. The van der Waals surface area contributed by atoms with Crippen molar-refractivity contribution in [2.45, 2.75) is 32.5 Å². The Bertz CT molecular complexity index is 372. The number of likely N-dealkylation sites (tertiary alicyclic amines) is 1. The summed E-state index contributed by atoms with van der Waals surface area (Å²) in [6.07, 6.45) is -4.12. The van der Waals surface area contributed by atoms with Crippen LogP contribution in [0.25, 0.3) is 0 Å². The maximum absolute atomic E-state index is 12.7. The second-order valence-electron chi connectivity index (χ2n) is 4.92. The summed E-state index contributed by atoms with van der Waals surface area (Å²) >= 11 is 0. The van der Waals surface area contributed by atoms with E-state index < -0.39 is 43.0 Å². The molecule has 3 atom stereocenters. The second-order valence-corrected chi connectivity index (χ2v) is 4.92. The molecule has 0 bridgehead atoms. The van der Waals surface area contributed by atoms with E-state index in [4.69, 9.17) is 9.84 Å². The molecule has 20 heavy (non-hydrogen) atoms. The molecule has 0 saturated carbocycles. The lowest BCUT2D eigenvalue weighted by molar-refractivity contribution is -0.188. The Kier molecular flexibility index (Phi) is 5.38. The van der Waals surface area contributed by atoms with Gasteiger partial charge >= 0.3 is 12.1 Å². The van der Waals surface area contributed by atoms with E-state index in [1.807, 2.05) is 6.92 Å². The van der Waals surface area contributed by atoms with Gasteiger partial charge in [-0.15, -0.1) is 0 Å². The van der Waals surface area contributed by atoms with Crippen molar-refractivity contribution in [3.8, 4) is 0 Å². The number of aliphatic carboxylic acids is 1. The Morgan fingerprint density at radius 1 is 1.40 bits per heavy atom. The van der Waals surface area contributed by atoms with Crippen LogP contribution in [-0.2, 0) is 14.3 Å². The van der Waals surface area contributed by atoms with E-state index >= 15 is 0 Å². The molecule has 0 aromatic heterocycles. The average molecular weight is 297 g/mol. The molecule has 1 saturated heterocycles. The number of alkyl halides is 3. The standard InChI is InChI=1S/C12H18F3NO4/c1-3-7(2)20-6-10(17)16-4-8(11(18)19)9(5-16)12(13,14)15/h7-9H,3-6H2,1-2H3,(H,18,19)/t7?,8-,9-/m1/s1. The first-order chi connectivity index (χ1) is 9.16. The number of carboxylic acids is 1. The van der Waals surface area contributed by atoms with E-state index in [0.717, 1.165) is 4.90 Å². The molecular weight excluding hydrogens is 279 g/mol. The fraction of sp³-hybridized carbons (Fsp3) is 0.833. The van der Waals surface area contributed by atoms with Crippen molar-refractivity contribution in [3.05, 3.63) is 0 Å². The van der Waals surface area contributed by atoms with E-state index in [1.165, 1.54) is 0 Å². The third kappa shape index (κ3) is 4.09. The van der Waals surface area contributed by atoms with Crippen LogP contribution in [-0.4, -0.2) is 53.9 Å². The fourth-order valence-corrected chi connectivity index (χ4v) is 2.01. The summed E-state index contributed by atoms with van der Waals surface area (Å²) in [5, 5.41) is 8.83. The van der Waals surface area contributed by atoms with Crippen molar-refractivity contribution in [1.82, 2.24) is 4.90 Å². The van der Waals surface area contributed by atoms with Crippen LogP contribution < -0.4 is 0 Å². The largest absolute Gasteiger partial charge is 0.481 e. The highest BCUT2D eigenvalue weighted by Crippen LogP contribution is 2.37. The number of hydrogen-bond donors (Lipinski definition) is 1. The van der Waals surface area contributed by atoms with Crippen molar-refractivity contribution >= 4 is 11.9 Å². The second kappa shape index (κ2) is 6.43. The smallest absolute Gasteiger partial charge is 0.394 e. The number of ether oxygens (including phenoxy) is 1. The van der Waals surface area contributed by atoms with E-state index in [0.29, 0.717) is 6.42 Å². The van der Waals surface area contributed by atoms with Crippen LogP contribution in [0.2, 0.25) is 0 Å². The topological polar surface area (TPSA) is 66.8 Å². The lowest BCUT2D eigenvalue weighted by Gasteiger charge is -2.19. The summed E-state index contributed by atoms with van der Waals surface area (Å²) < 4.78 is 43.4. The molecule has 1 amide bonds. The van der Waals surface area contributed by atoms with E-state index in [-0.39, 0.29) is 12.7 Å². The summed E-state index contributed by atoms with van der Waals surface area (Å²) in [6.45, 7) is 2.22. The number of carbonyl (C=O) groups is 2. The Balaban J connectivity index is 2.66. The van der Waals surface area contributed by atoms with Crippen LogP contribution in [0.3, 0.4) is 0 Å². The van der Waals surface area contributed by atoms with Gasteiger partial charge in [-0.05, 0) is 13.3 Å². The van der Waals surface area contributed by atoms with Gasteiger partial charge in [0.15, 0.2) is 0 Å². The molecule has 0 aromatic carbocycles. The number of halogens is 3. The predicted octanol–water partition coefficient (Wildman–Crippen LogP) is 1.52. The summed E-state index contributed by atoms with van der Waals surface area (Å²) in [7, 11) is 0. The summed E-state index contributed by atoms with van der Waals surface area (Å²) in [5.41, 5.74) is 0. The van der Waals surface area contributed by atoms with Crippen molar-refractivity contribution in [2.24, 2.45) is 11.8 Å². The van der Waals surface area contributed by atoms with Gasteiger partial charge in [0, 0.05) is 13.1 Å². The molecule has 1 aliphatic heterocycles. The zero-order valence-corrected chi connectivity index (χ0v) is 11.3. The molecule has 0 radical (unpaired) electrons. The Morgan fingerprint density at radius 2 is 2.00 bits per heavy atom. The van der Waals surface area contributed by atoms with E-state index in [1.54, 1.807) is 6.92 Å². The molecule has 0 spiro atoms. The first kappa shape index (κ1) is 16.7. The summed E-state index contributed by atoms with van der Waals surface area (Å²) in [6, 6.07) is 0. The van der Waals surface area contributed by atoms with Crippen LogP contribution in [0.5, 0.6) is 0 Å². The molecule has 1 unspecified atom stereocenters. The molecule has 1 heterocycles. The van der Waals surface area contributed by atoms with Crippen LogP contribution in [0, 0.1) is 11.8 Å². The monoisotopic (exact) mass is 297 g/mol. The molecule has 5 nitrogen and oxygen atoms in total. The minimum absolute atomic E-state index is 0.171.